The van der Waals surface area contributed by atoms with Gasteiger partial charge in [-0.1, -0.05) is 0 Å². The predicted molar refractivity (Wildman–Crippen MR) is 40.1 cm³/mol. The van der Waals surface area contributed by atoms with Crippen LogP contribution in [0.4, 0.5) is 0 Å². The Bertz CT molecular complexity index is 159. The van der Waals surface area contributed by atoms with Gasteiger partial charge in [0.25, 0.3) is 0 Å². The average Bonchev–Trinajstić information content (AvgIpc) is 2.59. The quantitative estimate of drug-likeness (QED) is 0.587. The maximum absolute atomic E-state index is 4.11. The fourth-order valence-corrected chi connectivity index (χ4v) is 1.13. The molecule has 5 heteroatoms. The minimum absolute atomic E-state index is 0. The van der Waals surface area contributed by atoms with Crippen LogP contribution in [0.15, 0.2) is 9.98 Å². The van der Waals surface area contributed by atoms with E-state index in [0.29, 0.717) is 0 Å². The first-order valence-electron chi connectivity index (χ1n) is 3.50. The van der Waals surface area contributed by atoms with Crippen molar-refractivity contribution in [3.63, 3.8) is 0 Å². The zero-order valence-electron chi connectivity index (χ0n) is 6.09. The van der Waals surface area contributed by atoms with Crippen LogP contribution in [0.3, 0.4) is 0 Å². The van der Waals surface area contributed by atoms with Crippen LogP contribution in [0, 0.1) is 0 Å². The fraction of sp³-hybridized carbons (Fsp3) is 0.667. The number of hydrogen-bond donors (Lipinski definition) is 0. The summed E-state index contributed by atoms with van der Waals surface area (Å²) in [4.78, 5) is 8.21. The van der Waals surface area contributed by atoms with Crippen molar-refractivity contribution in [2.45, 2.75) is 0 Å². The minimum atomic E-state index is 0. The molecule has 0 radical (unpaired) electrons. The van der Waals surface area contributed by atoms with E-state index in [2.05, 4.69) is 20.0 Å². The molecule has 2 rings (SSSR count). The first-order valence-corrected chi connectivity index (χ1v) is 3.50. The number of hydrazine groups is 1. The molecule has 0 unspecified atom stereocenters. The molecule has 0 amide bonds. The van der Waals surface area contributed by atoms with Crippen molar-refractivity contribution in [3.05, 3.63) is 0 Å². The molecular weight excluding hydrogens is 235 g/mol. The Kier molecular flexibility index (Phi) is 3.04. The summed E-state index contributed by atoms with van der Waals surface area (Å²) in [5.41, 5.74) is 0. The molecule has 2 aliphatic rings. The van der Waals surface area contributed by atoms with Gasteiger partial charge in [-0.3, -0.25) is 20.0 Å². The van der Waals surface area contributed by atoms with Crippen LogP contribution in [-0.4, -0.2) is 48.9 Å². The third-order valence-corrected chi connectivity index (χ3v) is 1.68. The Hall–Kier alpha value is -0.398. The van der Waals surface area contributed by atoms with E-state index in [1.165, 1.54) is 0 Å². The molecule has 0 N–H and O–H groups in total. The normalized spacial score (nSPS) is 21.1. The second-order valence-electron chi connectivity index (χ2n) is 2.37. The van der Waals surface area contributed by atoms with E-state index in [1.807, 2.05) is 12.7 Å². The Morgan fingerprint density at radius 1 is 0.909 bits per heavy atom. The molecule has 0 atom stereocenters. The molecule has 64 valence electrons. The van der Waals surface area contributed by atoms with Gasteiger partial charge < -0.3 is 0 Å². The number of nitrogens with zero attached hydrogens (tertiary/aromatic N) is 4. The third-order valence-electron chi connectivity index (χ3n) is 1.68. The second-order valence-corrected chi connectivity index (χ2v) is 2.37. The van der Waals surface area contributed by atoms with E-state index in [4.69, 9.17) is 0 Å². The molecule has 0 fully saturated rings. The molecule has 0 saturated carbocycles. The fourth-order valence-electron chi connectivity index (χ4n) is 1.13. The molecule has 0 saturated heterocycles. The molecule has 11 heavy (non-hydrogen) atoms. The molecule has 0 spiro atoms. The molecule has 0 aromatic heterocycles. The summed E-state index contributed by atoms with van der Waals surface area (Å²) in [6.07, 6.45) is 3.74. The van der Waals surface area contributed by atoms with E-state index in [1.54, 1.807) is 0 Å². The molecule has 0 aromatic carbocycles. The number of aliphatic imine (C=N–C) groups is 2. The summed E-state index contributed by atoms with van der Waals surface area (Å²) in [6, 6.07) is 0. The van der Waals surface area contributed by atoms with E-state index in [9.17, 15) is 0 Å². The van der Waals surface area contributed by atoms with Crippen molar-refractivity contribution in [3.8, 4) is 0 Å². The van der Waals surface area contributed by atoms with Crippen LogP contribution in [0.25, 0.3) is 0 Å². The maximum atomic E-state index is 4.11. The third kappa shape index (κ3) is 1.79. The average molecular weight is 245 g/mol. The summed E-state index contributed by atoms with van der Waals surface area (Å²) in [5.74, 6) is 0. The topological polar surface area (TPSA) is 31.2 Å². The van der Waals surface area contributed by atoms with Gasteiger partial charge >= 0.3 is 0 Å². The van der Waals surface area contributed by atoms with Gasteiger partial charge in [-0.05, 0) is 0 Å². The predicted octanol–water partition coefficient (Wildman–Crippen LogP) is -0.413. The molecular formula is C6H10N4Pd. The van der Waals surface area contributed by atoms with Crippen molar-refractivity contribution in [1.29, 1.82) is 0 Å². The summed E-state index contributed by atoms with van der Waals surface area (Å²) in [5, 5.41) is 4.19. The van der Waals surface area contributed by atoms with E-state index in [-0.39, 0.29) is 20.4 Å². The van der Waals surface area contributed by atoms with Gasteiger partial charge in [-0.2, -0.15) is 0 Å². The SMILES string of the molecule is C1=NCCN1N1C=NCC1.[Pd]. The van der Waals surface area contributed by atoms with Gasteiger partial charge in [0.1, 0.15) is 12.7 Å². The van der Waals surface area contributed by atoms with Gasteiger partial charge in [-0.25, -0.2) is 0 Å². The first kappa shape index (κ1) is 8.70. The molecule has 4 nitrogen and oxygen atoms in total. The summed E-state index contributed by atoms with van der Waals surface area (Å²) in [6.45, 7) is 3.85. The molecule has 2 aliphatic heterocycles. The molecule has 2 heterocycles. The smallest absolute Gasteiger partial charge is 0.104 e. The Balaban J connectivity index is 0.000000605. The zero-order chi connectivity index (χ0) is 6.81. The summed E-state index contributed by atoms with van der Waals surface area (Å²) < 4.78 is 0. The molecule has 0 aromatic rings. The van der Waals surface area contributed by atoms with Crippen LogP contribution in [0.1, 0.15) is 0 Å². The van der Waals surface area contributed by atoms with Crippen LogP contribution in [0.2, 0.25) is 0 Å². The Labute approximate surface area is 79.6 Å². The maximum Gasteiger partial charge on any atom is 0.104 e. The monoisotopic (exact) mass is 244 g/mol. The number of rotatable bonds is 1. The Morgan fingerprint density at radius 3 is 1.64 bits per heavy atom. The van der Waals surface area contributed by atoms with Crippen molar-refractivity contribution >= 4 is 12.7 Å². The Morgan fingerprint density at radius 2 is 1.36 bits per heavy atom. The summed E-state index contributed by atoms with van der Waals surface area (Å²) >= 11 is 0. The first-order chi connectivity index (χ1) is 4.97. The van der Waals surface area contributed by atoms with E-state index < -0.39 is 0 Å². The number of hydrogen-bond acceptors (Lipinski definition) is 4. The van der Waals surface area contributed by atoms with Crippen LogP contribution in [-0.2, 0) is 20.4 Å². The van der Waals surface area contributed by atoms with Gasteiger partial charge in [0.15, 0.2) is 0 Å². The van der Waals surface area contributed by atoms with E-state index >= 15 is 0 Å². The second kappa shape index (κ2) is 3.84. The van der Waals surface area contributed by atoms with Gasteiger partial charge in [0, 0.05) is 20.4 Å². The van der Waals surface area contributed by atoms with Crippen LogP contribution in [0.5, 0.6) is 0 Å². The zero-order valence-corrected chi connectivity index (χ0v) is 7.64. The molecule has 0 bridgehead atoms. The van der Waals surface area contributed by atoms with Crippen molar-refractivity contribution in [2.24, 2.45) is 9.98 Å². The van der Waals surface area contributed by atoms with Crippen LogP contribution >= 0.6 is 0 Å². The van der Waals surface area contributed by atoms with Crippen molar-refractivity contribution in [2.75, 3.05) is 26.2 Å². The standard InChI is InChI=1S/C6H10N4.Pd/c1-3-9(5-7-1)10-4-2-8-6-10;/h5-6H,1-4H2;. The van der Waals surface area contributed by atoms with E-state index in [0.717, 1.165) is 26.2 Å². The van der Waals surface area contributed by atoms with Crippen LogP contribution < -0.4 is 0 Å². The largest absolute Gasteiger partial charge is 0.272 e. The summed E-state index contributed by atoms with van der Waals surface area (Å²) in [7, 11) is 0. The van der Waals surface area contributed by atoms with Crippen molar-refractivity contribution < 1.29 is 20.4 Å². The van der Waals surface area contributed by atoms with Crippen molar-refractivity contribution in [1.82, 2.24) is 10.0 Å². The van der Waals surface area contributed by atoms with Gasteiger partial charge in [-0.15, -0.1) is 0 Å². The minimum Gasteiger partial charge on any atom is -0.272 e. The van der Waals surface area contributed by atoms with Gasteiger partial charge in [0.2, 0.25) is 0 Å². The molecule has 0 aliphatic carbocycles. The van der Waals surface area contributed by atoms with Gasteiger partial charge in [0.05, 0.1) is 26.2 Å².